The summed E-state index contributed by atoms with van der Waals surface area (Å²) in [6.45, 7) is 5.62. The Hall–Kier alpha value is -2.96. The van der Waals surface area contributed by atoms with Gasteiger partial charge in [0, 0.05) is 38.2 Å². The van der Waals surface area contributed by atoms with Crippen molar-refractivity contribution in [2.45, 2.75) is 45.6 Å². The first kappa shape index (κ1) is 20.8. The number of carbonyl (C=O) groups is 2. The minimum Gasteiger partial charge on any atom is -0.497 e. The van der Waals surface area contributed by atoms with E-state index >= 15 is 0 Å². The molecule has 2 heterocycles. The van der Waals surface area contributed by atoms with Crippen molar-refractivity contribution >= 4 is 11.8 Å². The minimum atomic E-state index is -0.206. The third-order valence-electron chi connectivity index (χ3n) is 5.20. The van der Waals surface area contributed by atoms with Crippen LogP contribution in [0.25, 0.3) is 0 Å². The molecule has 0 bridgehead atoms. The molecular weight excluding hydrogens is 368 g/mol. The number of amides is 2. The highest BCUT2D eigenvalue weighted by molar-refractivity contribution is 5.94. The van der Waals surface area contributed by atoms with Crippen molar-refractivity contribution < 1.29 is 14.3 Å². The van der Waals surface area contributed by atoms with E-state index in [2.05, 4.69) is 15.3 Å². The van der Waals surface area contributed by atoms with E-state index in [9.17, 15) is 9.59 Å². The van der Waals surface area contributed by atoms with Crippen LogP contribution in [0.15, 0.2) is 30.5 Å². The van der Waals surface area contributed by atoms with Gasteiger partial charge in [-0.25, -0.2) is 9.97 Å². The number of hydrogen-bond acceptors (Lipinski definition) is 5. The fourth-order valence-corrected chi connectivity index (χ4v) is 3.53. The van der Waals surface area contributed by atoms with E-state index in [-0.39, 0.29) is 17.7 Å². The Labute approximate surface area is 171 Å². The number of methoxy groups -OCH3 is 1. The van der Waals surface area contributed by atoms with Gasteiger partial charge in [-0.1, -0.05) is 19.1 Å². The maximum atomic E-state index is 12.6. The molecule has 0 unspecified atom stereocenters. The number of rotatable bonds is 7. The average Bonchev–Trinajstić information content (AvgIpc) is 3.23. The summed E-state index contributed by atoms with van der Waals surface area (Å²) in [5, 5.41) is 2.91. The highest BCUT2D eigenvalue weighted by Gasteiger charge is 2.29. The molecule has 2 amide bonds. The Bertz CT molecular complexity index is 884. The average molecular weight is 396 g/mol. The summed E-state index contributed by atoms with van der Waals surface area (Å²) in [5.74, 6) is 1.58. The molecule has 29 heavy (non-hydrogen) atoms. The van der Waals surface area contributed by atoms with Gasteiger partial charge in [-0.3, -0.25) is 9.59 Å². The molecule has 2 aromatic rings. The van der Waals surface area contributed by atoms with E-state index in [0.717, 1.165) is 30.7 Å². The zero-order valence-corrected chi connectivity index (χ0v) is 17.3. The Balaban J connectivity index is 1.61. The van der Waals surface area contributed by atoms with E-state index in [1.807, 2.05) is 43.0 Å². The molecule has 1 saturated heterocycles. The van der Waals surface area contributed by atoms with Crippen LogP contribution in [-0.2, 0) is 11.3 Å². The maximum Gasteiger partial charge on any atom is 0.254 e. The Morgan fingerprint density at radius 3 is 2.90 bits per heavy atom. The fourth-order valence-electron chi connectivity index (χ4n) is 3.53. The standard InChI is InChI=1S/C22H28N4O3/c1-4-6-20(27)26-10-9-17(14-26)21-23-13-19(15(2)25-21)22(28)24-12-16-7-5-8-18(11-16)29-3/h5,7-8,11,13,17H,4,6,9-10,12,14H2,1-3H3,(H,24,28)/t17-/m1/s1. The van der Waals surface area contributed by atoms with Crippen LogP contribution in [0, 0.1) is 6.92 Å². The molecule has 0 radical (unpaired) electrons. The Morgan fingerprint density at radius 2 is 2.17 bits per heavy atom. The molecule has 1 aliphatic heterocycles. The van der Waals surface area contributed by atoms with Crippen LogP contribution in [0.1, 0.15) is 59.5 Å². The number of nitrogens with one attached hydrogen (secondary N) is 1. The lowest BCUT2D eigenvalue weighted by Crippen LogP contribution is -2.28. The van der Waals surface area contributed by atoms with Crippen molar-refractivity contribution in [1.29, 1.82) is 0 Å². The van der Waals surface area contributed by atoms with Gasteiger partial charge in [0.2, 0.25) is 5.91 Å². The van der Waals surface area contributed by atoms with Gasteiger partial charge in [0.25, 0.3) is 5.91 Å². The number of carbonyl (C=O) groups excluding carboxylic acids is 2. The second-order valence-electron chi connectivity index (χ2n) is 7.34. The zero-order valence-electron chi connectivity index (χ0n) is 17.3. The molecule has 1 aliphatic rings. The number of likely N-dealkylation sites (tertiary alicyclic amines) is 1. The van der Waals surface area contributed by atoms with E-state index in [0.29, 0.717) is 36.6 Å². The summed E-state index contributed by atoms with van der Waals surface area (Å²) >= 11 is 0. The molecule has 0 spiro atoms. The number of hydrogen-bond donors (Lipinski definition) is 1. The van der Waals surface area contributed by atoms with Crippen molar-refractivity contribution in [3.05, 3.63) is 53.1 Å². The first-order chi connectivity index (χ1) is 14.0. The lowest BCUT2D eigenvalue weighted by Gasteiger charge is -2.16. The lowest BCUT2D eigenvalue weighted by atomic mass is 10.1. The van der Waals surface area contributed by atoms with Crippen molar-refractivity contribution in [2.24, 2.45) is 0 Å². The molecule has 1 atom stereocenters. The van der Waals surface area contributed by atoms with Gasteiger partial charge < -0.3 is 15.0 Å². The Kier molecular flexibility index (Phi) is 6.80. The molecule has 1 N–H and O–H groups in total. The lowest BCUT2D eigenvalue weighted by molar-refractivity contribution is -0.130. The van der Waals surface area contributed by atoms with Crippen molar-refractivity contribution in [3.8, 4) is 5.75 Å². The smallest absolute Gasteiger partial charge is 0.254 e. The molecular formula is C22H28N4O3. The van der Waals surface area contributed by atoms with Crippen LogP contribution in [0.3, 0.4) is 0 Å². The number of aromatic nitrogens is 2. The second kappa shape index (κ2) is 9.49. The van der Waals surface area contributed by atoms with Crippen LogP contribution in [0.5, 0.6) is 5.75 Å². The number of nitrogens with zero attached hydrogens (tertiary/aromatic N) is 3. The number of aryl methyl sites for hydroxylation is 1. The maximum absolute atomic E-state index is 12.6. The summed E-state index contributed by atoms with van der Waals surface area (Å²) in [6, 6.07) is 7.57. The molecule has 1 fully saturated rings. The second-order valence-corrected chi connectivity index (χ2v) is 7.34. The summed E-state index contributed by atoms with van der Waals surface area (Å²) in [4.78, 5) is 35.5. The van der Waals surface area contributed by atoms with Gasteiger partial charge in [0.1, 0.15) is 11.6 Å². The first-order valence-electron chi connectivity index (χ1n) is 10.0. The van der Waals surface area contributed by atoms with Gasteiger partial charge in [0.15, 0.2) is 0 Å². The van der Waals surface area contributed by atoms with E-state index < -0.39 is 0 Å². The molecule has 7 nitrogen and oxygen atoms in total. The predicted octanol–water partition coefficient (Wildman–Crippen LogP) is 2.84. The number of ether oxygens (including phenoxy) is 1. The van der Waals surface area contributed by atoms with Gasteiger partial charge in [-0.2, -0.15) is 0 Å². The zero-order chi connectivity index (χ0) is 20.8. The van der Waals surface area contributed by atoms with Crippen molar-refractivity contribution in [3.63, 3.8) is 0 Å². The summed E-state index contributed by atoms with van der Waals surface area (Å²) < 4.78 is 5.21. The summed E-state index contributed by atoms with van der Waals surface area (Å²) in [7, 11) is 1.61. The van der Waals surface area contributed by atoms with Gasteiger partial charge in [-0.15, -0.1) is 0 Å². The third kappa shape index (κ3) is 5.10. The van der Waals surface area contributed by atoms with E-state index in [1.165, 1.54) is 0 Å². The van der Waals surface area contributed by atoms with Crippen LogP contribution >= 0.6 is 0 Å². The normalized spacial score (nSPS) is 16.0. The molecule has 0 aliphatic carbocycles. The van der Waals surface area contributed by atoms with Crippen molar-refractivity contribution in [2.75, 3.05) is 20.2 Å². The minimum absolute atomic E-state index is 0.128. The summed E-state index contributed by atoms with van der Waals surface area (Å²) in [5.41, 5.74) is 2.07. The largest absolute Gasteiger partial charge is 0.497 e. The van der Waals surface area contributed by atoms with Crippen molar-refractivity contribution in [1.82, 2.24) is 20.2 Å². The van der Waals surface area contributed by atoms with Crippen LogP contribution < -0.4 is 10.1 Å². The summed E-state index contributed by atoms with van der Waals surface area (Å²) in [6.07, 6.45) is 3.89. The van der Waals surface area contributed by atoms with Gasteiger partial charge in [0.05, 0.1) is 18.4 Å². The van der Waals surface area contributed by atoms with Crippen LogP contribution in [0.4, 0.5) is 0 Å². The van der Waals surface area contributed by atoms with E-state index in [4.69, 9.17) is 4.74 Å². The first-order valence-corrected chi connectivity index (χ1v) is 10.0. The molecule has 0 saturated carbocycles. The fraction of sp³-hybridized carbons (Fsp3) is 0.455. The van der Waals surface area contributed by atoms with Crippen LogP contribution in [-0.4, -0.2) is 46.9 Å². The quantitative estimate of drug-likeness (QED) is 0.778. The van der Waals surface area contributed by atoms with Crippen LogP contribution in [0.2, 0.25) is 0 Å². The highest BCUT2D eigenvalue weighted by Crippen LogP contribution is 2.25. The van der Waals surface area contributed by atoms with E-state index in [1.54, 1.807) is 13.3 Å². The Morgan fingerprint density at radius 1 is 1.34 bits per heavy atom. The molecule has 154 valence electrons. The van der Waals surface area contributed by atoms with Gasteiger partial charge in [-0.05, 0) is 37.5 Å². The molecule has 1 aromatic carbocycles. The molecule has 7 heteroatoms. The molecule has 1 aromatic heterocycles. The number of benzene rings is 1. The molecule has 3 rings (SSSR count). The monoisotopic (exact) mass is 396 g/mol. The SMILES string of the molecule is CCCC(=O)N1CC[C@@H](c2ncc(C(=O)NCc3cccc(OC)c3)c(C)n2)C1. The van der Waals surface area contributed by atoms with Gasteiger partial charge >= 0.3 is 0 Å². The topological polar surface area (TPSA) is 84.4 Å². The third-order valence-corrected chi connectivity index (χ3v) is 5.20. The predicted molar refractivity (Wildman–Crippen MR) is 110 cm³/mol. The highest BCUT2D eigenvalue weighted by atomic mass is 16.5.